The van der Waals surface area contributed by atoms with Gasteiger partial charge in [0, 0.05) is 6.07 Å². The van der Waals surface area contributed by atoms with Crippen molar-refractivity contribution in [1.82, 2.24) is 0 Å². The molecule has 0 saturated heterocycles. The minimum atomic E-state index is -0.596. The highest BCUT2D eigenvalue weighted by Crippen LogP contribution is 2.35. The molecule has 0 N–H and O–H groups in total. The van der Waals surface area contributed by atoms with Crippen LogP contribution in [0.5, 0.6) is 11.5 Å². The zero-order valence-electron chi connectivity index (χ0n) is 11.1. The van der Waals surface area contributed by atoms with Crippen LogP contribution < -0.4 is 9.47 Å². The summed E-state index contributed by atoms with van der Waals surface area (Å²) in [5.74, 6) is 0.144. The van der Waals surface area contributed by atoms with E-state index in [0.717, 1.165) is 11.6 Å². The average molecular weight is 311 g/mol. The Morgan fingerprint density at radius 1 is 1.00 bits per heavy atom. The number of benzene rings is 2. The van der Waals surface area contributed by atoms with Gasteiger partial charge in [-0.25, -0.2) is 8.78 Å². The summed E-state index contributed by atoms with van der Waals surface area (Å²) in [7, 11) is 0. The van der Waals surface area contributed by atoms with Gasteiger partial charge in [-0.2, -0.15) is 0 Å². The van der Waals surface area contributed by atoms with Gasteiger partial charge in [0.25, 0.3) is 0 Å². The predicted molar refractivity (Wildman–Crippen MR) is 76.1 cm³/mol. The number of rotatable bonds is 3. The second-order valence-electron chi connectivity index (χ2n) is 4.81. The van der Waals surface area contributed by atoms with Gasteiger partial charge in [0.05, 0.1) is 5.38 Å². The summed E-state index contributed by atoms with van der Waals surface area (Å²) in [6, 6.07) is 8.92. The summed E-state index contributed by atoms with van der Waals surface area (Å²) in [6.07, 6.45) is 0.271. The Morgan fingerprint density at radius 3 is 2.52 bits per heavy atom. The Labute approximate surface area is 126 Å². The van der Waals surface area contributed by atoms with Gasteiger partial charge in [0.15, 0.2) is 11.5 Å². The molecule has 5 heteroatoms. The molecule has 0 radical (unpaired) electrons. The van der Waals surface area contributed by atoms with Gasteiger partial charge >= 0.3 is 0 Å². The summed E-state index contributed by atoms with van der Waals surface area (Å²) in [6.45, 7) is 1.02. The monoisotopic (exact) mass is 310 g/mol. The van der Waals surface area contributed by atoms with Gasteiger partial charge in [-0.1, -0.05) is 12.1 Å². The summed E-state index contributed by atoms with van der Waals surface area (Å²) in [5, 5.41) is -0.430. The first-order valence-corrected chi connectivity index (χ1v) is 7.04. The van der Waals surface area contributed by atoms with Crippen LogP contribution in [0.1, 0.15) is 16.5 Å². The van der Waals surface area contributed by atoms with Crippen LogP contribution in [-0.2, 0) is 6.42 Å². The first-order chi connectivity index (χ1) is 10.1. The molecule has 21 heavy (non-hydrogen) atoms. The van der Waals surface area contributed by atoms with E-state index in [1.54, 1.807) is 12.1 Å². The fourth-order valence-electron chi connectivity index (χ4n) is 2.25. The number of alkyl halides is 1. The molecule has 2 nitrogen and oxygen atoms in total. The maximum absolute atomic E-state index is 13.7. The van der Waals surface area contributed by atoms with Crippen molar-refractivity contribution in [3.05, 3.63) is 59.2 Å². The molecular formula is C16H13ClF2O2. The van der Waals surface area contributed by atoms with E-state index in [1.807, 2.05) is 6.07 Å². The van der Waals surface area contributed by atoms with E-state index in [0.29, 0.717) is 30.3 Å². The van der Waals surface area contributed by atoms with Gasteiger partial charge in [-0.3, -0.25) is 0 Å². The number of halogens is 3. The van der Waals surface area contributed by atoms with E-state index in [-0.39, 0.29) is 6.42 Å². The van der Waals surface area contributed by atoms with E-state index in [9.17, 15) is 8.78 Å². The maximum atomic E-state index is 13.7. The van der Waals surface area contributed by atoms with Crippen LogP contribution >= 0.6 is 11.6 Å². The molecule has 1 atom stereocenters. The quantitative estimate of drug-likeness (QED) is 0.789. The van der Waals surface area contributed by atoms with E-state index in [2.05, 4.69) is 0 Å². The van der Waals surface area contributed by atoms with Crippen LogP contribution in [0.2, 0.25) is 0 Å². The van der Waals surface area contributed by atoms with Crippen LogP contribution in [-0.4, -0.2) is 13.2 Å². The molecule has 2 aromatic rings. The third-order valence-electron chi connectivity index (χ3n) is 3.34. The molecule has 110 valence electrons. The average Bonchev–Trinajstić information content (AvgIpc) is 2.49. The van der Waals surface area contributed by atoms with Gasteiger partial charge in [0.2, 0.25) is 0 Å². The molecule has 1 aliphatic heterocycles. The van der Waals surface area contributed by atoms with Crippen LogP contribution in [0.25, 0.3) is 0 Å². The van der Waals surface area contributed by atoms with Gasteiger partial charge in [-0.05, 0) is 35.7 Å². The summed E-state index contributed by atoms with van der Waals surface area (Å²) >= 11 is 6.34. The molecule has 1 unspecified atom stereocenters. The highest BCUT2D eigenvalue weighted by molar-refractivity contribution is 6.21. The van der Waals surface area contributed by atoms with Crippen molar-refractivity contribution in [3.63, 3.8) is 0 Å². The molecule has 3 rings (SSSR count). The molecule has 0 fully saturated rings. The van der Waals surface area contributed by atoms with Crippen molar-refractivity contribution in [2.45, 2.75) is 11.8 Å². The Morgan fingerprint density at radius 2 is 1.76 bits per heavy atom. The number of ether oxygens (including phenoxy) is 2. The van der Waals surface area contributed by atoms with Gasteiger partial charge < -0.3 is 9.47 Å². The second kappa shape index (κ2) is 5.90. The fraction of sp³-hybridized carbons (Fsp3) is 0.250. The third kappa shape index (κ3) is 3.10. The molecule has 0 bridgehead atoms. The van der Waals surface area contributed by atoms with E-state index in [4.69, 9.17) is 21.1 Å². The Hall–Kier alpha value is -1.81. The number of hydrogen-bond acceptors (Lipinski definition) is 2. The number of hydrogen-bond donors (Lipinski definition) is 0. The standard InChI is InChI=1S/C16H13ClF2O2/c17-13(7-11-1-3-12(18)9-14(11)19)10-2-4-15-16(8-10)21-6-5-20-15/h1-4,8-9,13H,5-7H2. The van der Waals surface area contributed by atoms with E-state index >= 15 is 0 Å². The van der Waals surface area contributed by atoms with Crippen molar-refractivity contribution >= 4 is 11.6 Å². The lowest BCUT2D eigenvalue weighted by Gasteiger charge is -2.20. The Balaban J connectivity index is 1.80. The molecule has 0 saturated carbocycles. The zero-order chi connectivity index (χ0) is 14.8. The van der Waals surface area contributed by atoms with Crippen LogP contribution in [0.4, 0.5) is 8.78 Å². The van der Waals surface area contributed by atoms with Crippen molar-refractivity contribution < 1.29 is 18.3 Å². The first kappa shape index (κ1) is 14.1. The molecule has 1 aliphatic rings. The normalized spacial score (nSPS) is 14.8. The maximum Gasteiger partial charge on any atom is 0.161 e. The molecule has 0 spiro atoms. The van der Waals surface area contributed by atoms with Crippen molar-refractivity contribution in [1.29, 1.82) is 0 Å². The predicted octanol–water partition coefficient (Wildman–Crippen LogP) is 4.26. The van der Waals surface area contributed by atoms with E-state index < -0.39 is 17.0 Å². The van der Waals surface area contributed by atoms with Crippen LogP contribution in [0.3, 0.4) is 0 Å². The third-order valence-corrected chi connectivity index (χ3v) is 3.75. The molecule has 0 aliphatic carbocycles. The molecule has 0 aromatic heterocycles. The second-order valence-corrected chi connectivity index (χ2v) is 5.34. The first-order valence-electron chi connectivity index (χ1n) is 6.61. The zero-order valence-corrected chi connectivity index (χ0v) is 11.9. The highest BCUT2D eigenvalue weighted by atomic mass is 35.5. The Bertz CT molecular complexity index is 661. The molecule has 0 amide bonds. The van der Waals surface area contributed by atoms with E-state index in [1.165, 1.54) is 12.1 Å². The summed E-state index contributed by atoms with van der Waals surface area (Å²) in [5.41, 5.74) is 1.19. The lowest BCUT2D eigenvalue weighted by atomic mass is 10.0. The van der Waals surface area contributed by atoms with Crippen molar-refractivity contribution in [3.8, 4) is 11.5 Å². The lowest BCUT2D eigenvalue weighted by molar-refractivity contribution is 0.171. The SMILES string of the molecule is Fc1ccc(CC(Cl)c2ccc3c(c2)OCCO3)c(F)c1. The summed E-state index contributed by atoms with van der Waals surface area (Å²) in [4.78, 5) is 0. The number of fused-ring (bicyclic) bond motifs is 1. The minimum absolute atomic E-state index is 0.271. The van der Waals surface area contributed by atoms with Gasteiger partial charge in [0.1, 0.15) is 24.8 Å². The van der Waals surface area contributed by atoms with Crippen molar-refractivity contribution in [2.24, 2.45) is 0 Å². The molecule has 1 heterocycles. The molecular weight excluding hydrogens is 298 g/mol. The van der Waals surface area contributed by atoms with Crippen LogP contribution in [0.15, 0.2) is 36.4 Å². The van der Waals surface area contributed by atoms with Crippen molar-refractivity contribution in [2.75, 3.05) is 13.2 Å². The summed E-state index contributed by atoms with van der Waals surface area (Å²) < 4.78 is 37.5. The largest absolute Gasteiger partial charge is 0.486 e. The lowest BCUT2D eigenvalue weighted by Crippen LogP contribution is -2.15. The minimum Gasteiger partial charge on any atom is -0.486 e. The molecule has 2 aromatic carbocycles. The van der Waals surface area contributed by atoms with Gasteiger partial charge in [-0.15, -0.1) is 11.6 Å². The fourth-order valence-corrected chi connectivity index (χ4v) is 2.55. The topological polar surface area (TPSA) is 18.5 Å². The van der Waals surface area contributed by atoms with Crippen LogP contribution in [0, 0.1) is 11.6 Å². The smallest absolute Gasteiger partial charge is 0.161 e. The Kier molecular flexibility index (Phi) is 3.97. The highest BCUT2D eigenvalue weighted by Gasteiger charge is 2.17.